The molecule has 0 aliphatic heterocycles. The molecule has 0 fully saturated rings. The Morgan fingerprint density at radius 1 is 1.52 bits per heavy atom. The Morgan fingerprint density at radius 3 is 2.81 bits per heavy atom. The first-order chi connectivity index (χ1) is 9.91. The first kappa shape index (κ1) is 17.7. The van der Waals surface area contributed by atoms with Gasteiger partial charge in [-0.1, -0.05) is 32.0 Å². The number of primary amides is 1. The first-order valence-corrected chi connectivity index (χ1v) is 8.17. The first-order valence-electron chi connectivity index (χ1n) is 7.19. The van der Waals surface area contributed by atoms with Gasteiger partial charge in [0.05, 0.1) is 5.54 Å². The van der Waals surface area contributed by atoms with E-state index >= 15 is 0 Å². The van der Waals surface area contributed by atoms with Crippen molar-refractivity contribution in [3.05, 3.63) is 22.1 Å². The van der Waals surface area contributed by atoms with E-state index in [0.717, 1.165) is 18.5 Å². The summed E-state index contributed by atoms with van der Waals surface area (Å²) in [6.45, 7) is 6.44. The van der Waals surface area contributed by atoms with Crippen LogP contribution in [0.5, 0.6) is 0 Å². The van der Waals surface area contributed by atoms with E-state index in [4.69, 9.17) is 5.73 Å². The standard InChI is InChI=1S/C14H24N4O2S/c1-4-6-10-9-11(19)18-13(17-10)21-8-7-14(3,12(15)20)16-5-2/h9,16H,4-8H2,1-3H3,(H2,15,20)(H,17,18,19). The van der Waals surface area contributed by atoms with E-state index in [2.05, 4.69) is 15.3 Å². The van der Waals surface area contributed by atoms with Gasteiger partial charge in [0.25, 0.3) is 5.56 Å². The molecule has 21 heavy (non-hydrogen) atoms. The van der Waals surface area contributed by atoms with E-state index in [1.165, 1.54) is 17.8 Å². The molecular formula is C14H24N4O2S. The lowest BCUT2D eigenvalue weighted by molar-refractivity contribution is -0.123. The lowest BCUT2D eigenvalue weighted by Gasteiger charge is -2.26. The van der Waals surface area contributed by atoms with Crippen molar-refractivity contribution in [2.45, 2.75) is 50.7 Å². The summed E-state index contributed by atoms with van der Waals surface area (Å²) in [6, 6.07) is 1.53. The molecule has 1 amide bonds. The summed E-state index contributed by atoms with van der Waals surface area (Å²) in [5.41, 5.74) is 5.37. The summed E-state index contributed by atoms with van der Waals surface area (Å²) in [7, 11) is 0. The van der Waals surface area contributed by atoms with Crippen LogP contribution in [0.2, 0.25) is 0 Å². The van der Waals surface area contributed by atoms with Crippen LogP contribution in [0.4, 0.5) is 0 Å². The number of carbonyl (C=O) groups is 1. The van der Waals surface area contributed by atoms with Crippen LogP contribution in [0.25, 0.3) is 0 Å². The molecule has 0 bridgehead atoms. The van der Waals surface area contributed by atoms with E-state index < -0.39 is 5.54 Å². The summed E-state index contributed by atoms with van der Waals surface area (Å²) in [5, 5.41) is 3.70. The molecule has 118 valence electrons. The molecule has 1 heterocycles. The Hall–Kier alpha value is -1.34. The van der Waals surface area contributed by atoms with E-state index in [-0.39, 0.29) is 11.5 Å². The molecule has 6 nitrogen and oxygen atoms in total. The van der Waals surface area contributed by atoms with E-state index in [9.17, 15) is 9.59 Å². The number of rotatable bonds is 9. The molecule has 1 unspecified atom stereocenters. The highest BCUT2D eigenvalue weighted by Gasteiger charge is 2.29. The van der Waals surface area contributed by atoms with E-state index in [0.29, 0.717) is 23.9 Å². The van der Waals surface area contributed by atoms with Gasteiger partial charge < -0.3 is 16.0 Å². The number of nitrogens with one attached hydrogen (secondary N) is 2. The second kappa shape index (κ2) is 8.19. The van der Waals surface area contributed by atoms with Gasteiger partial charge in [-0.15, -0.1) is 0 Å². The molecule has 4 N–H and O–H groups in total. The van der Waals surface area contributed by atoms with Crippen molar-refractivity contribution in [2.24, 2.45) is 5.73 Å². The maximum atomic E-state index is 11.6. The number of aryl methyl sites for hydroxylation is 1. The van der Waals surface area contributed by atoms with Crippen LogP contribution in [-0.4, -0.2) is 33.7 Å². The van der Waals surface area contributed by atoms with Crippen LogP contribution in [0.15, 0.2) is 16.0 Å². The Morgan fingerprint density at radius 2 is 2.24 bits per heavy atom. The molecule has 7 heteroatoms. The predicted octanol–water partition coefficient (Wildman–Crippen LogP) is 1.06. The number of aromatic amines is 1. The SMILES string of the molecule is CCCc1cc(=O)[nH]c(SCCC(C)(NCC)C(N)=O)n1. The number of thioether (sulfide) groups is 1. The minimum absolute atomic E-state index is 0.139. The zero-order valence-corrected chi connectivity index (χ0v) is 13.7. The molecule has 1 atom stereocenters. The summed E-state index contributed by atoms with van der Waals surface area (Å²) in [5.74, 6) is 0.274. The fourth-order valence-corrected chi connectivity index (χ4v) is 3.03. The third-order valence-electron chi connectivity index (χ3n) is 3.23. The second-order valence-electron chi connectivity index (χ2n) is 5.12. The third-order valence-corrected chi connectivity index (χ3v) is 4.11. The van der Waals surface area contributed by atoms with Gasteiger partial charge in [-0.05, 0) is 26.3 Å². The summed E-state index contributed by atoms with van der Waals surface area (Å²) in [6.07, 6.45) is 2.30. The number of nitrogens with two attached hydrogens (primary N) is 1. The fourth-order valence-electron chi connectivity index (χ4n) is 1.98. The maximum Gasteiger partial charge on any atom is 0.251 e. The van der Waals surface area contributed by atoms with Crippen molar-refractivity contribution in [1.82, 2.24) is 15.3 Å². The van der Waals surface area contributed by atoms with Crippen molar-refractivity contribution in [3.8, 4) is 0 Å². The van der Waals surface area contributed by atoms with Gasteiger partial charge in [-0.2, -0.15) is 0 Å². The molecule has 0 spiro atoms. The van der Waals surface area contributed by atoms with Crippen LogP contribution < -0.4 is 16.6 Å². The van der Waals surface area contributed by atoms with E-state index in [1.807, 2.05) is 13.8 Å². The number of aromatic nitrogens is 2. The van der Waals surface area contributed by atoms with Gasteiger partial charge in [-0.3, -0.25) is 9.59 Å². The number of hydrogen-bond acceptors (Lipinski definition) is 5. The lowest BCUT2D eigenvalue weighted by atomic mass is 9.98. The smallest absolute Gasteiger partial charge is 0.251 e. The molecule has 1 aromatic heterocycles. The fraction of sp³-hybridized carbons (Fsp3) is 0.643. The van der Waals surface area contributed by atoms with Crippen molar-refractivity contribution < 1.29 is 4.79 Å². The maximum absolute atomic E-state index is 11.6. The normalized spacial score (nSPS) is 13.9. The molecule has 0 aliphatic rings. The zero-order chi connectivity index (χ0) is 15.9. The van der Waals surface area contributed by atoms with Crippen molar-refractivity contribution in [2.75, 3.05) is 12.3 Å². The molecule has 1 aromatic rings. The highest BCUT2D eigenvalue weighted by atomic mass is 32.2. The molecule has 0 radical (unpaired) electrons. The summed E-state index contributed by atoms with van der Waals surface area (Å²) >= 11 is 1.43. The minimum atomic E-state index is -0.733. The van der Waals surface area contributed by atoms with Crippen LogP contribution in [-0.2, 0) is 11.2 Å². The van der Waals surface area contributed by atoms with Gasteiger partial charge in [0, 0.05) is 17.5 Å². The number of hydrogen-bond donors (Lipinski definition) is 3. The van der Waals surface area contributed by atoms with Gasteiger partial charge in [0.2, 0.25) is 5.91 Å². The highest BCUT2D eigenvalue weighted by molar-refractivity contribution is 7.99. The Labute approximate surface area is 129 Å². The average Bonchev–Trinajstić information content (AvgIpc) is 2.38. The summed E-state index contributed by atoms with van der Waals surface area (Å²) in [4.78, 5) is 30.2. The molecular weight excluding hydrogens is 288 g/mol. The number of nitrogens with zero attached hydrogens (tertiary/aromatic N) is 1. The van der Waals surface area contributed by atoms with Crippen LogP contribution in [0.1, 0.15) is 39.3 Å². The minimum Gasteiger partial charge on any atom is -0.368 e. The molecule has 0 saturated carbocycles. The number of likely N-dealkylation sites (N-methyl/N-ethyl adjacent to an activating group) is 1. The lowest BCUT2D eigenvalue weighted by Crippen LogP contribution is -2.53. The van der Waals surface area contributed by atoms with Crippen molar-refractivity contribution in [3.63, 3.8) is 0 Å². The third kappa shape index (κ3) is 5.51. The Bertz CT molecular complexity index is 532. The van der Waals surface area contributed by atoms with Crippen LogP contribution >= 0.6 is 11.8 Å². The van der Waals surface area contributed by atoms with Gasteiger partial charge in [-0.25, -0.2) is 4.98 Å². The highest BCUT2D eigenvalue weighted by Crippen LogP contribution is 2.18. The molecule has 0 aliphatic carbocycles. The van der Waals surface area contributed by atoms with Crippen molar-refractivity contribution in [1.29, 1.82) is 0 Å². The number of H-pyrrole nitrogens is 1. The second-order valence-corrected chi connectivity index (χ2v) is 6.20. The average molecular weight is 312 g/mol. The number of carbonyl (C=O) groups excluding carboxylic acids is 1. The topological polar surface area (TPSA) is 101 Å². The molecule has 1 rings (SSSR count). The van der Waals surface area contributed by atoms with Crippen LogP contribution in [0.3, 0.4) is 0 Å². The quantitative estimate of drug-likeness (QED) is 0.467. The Balaban J connectivity index is 2.66. The predicted molar refractivity (Wildman–Crippen MR) is 85.5 cm³/mol. The summed E-state index contributed by atoms with van der Waals surface area (Å²) < 4.78 is 0. The largest absolute Gasteiger partial charge is 0.368 e. The molecule has 0 aromatic carbocycles. The van der Waals surface area contributed by atoms with Gasteiger partial charge >= 0.3 is 0 Å². The molecule has 0 saturated heterocycles. The van der Waals surface area contributed by atoms with Crippen molar-refractivity contribution >= 4 is 17.7 Å². The number of amides is 1. The monoisotopic (exact) mass is 312 g/mol. The Kier molecular flexibility index (Phi) is 6.91. The van der Waals surface area contributed by atoms with Gasteiger partial charge in [0.1, 0.15) is 0 Å². The zero-order valence-electron chi connectivity index (χ0n) is 12.9. The van der Waals surface area contributed by atoms with Crippen LogP contribution in [0, 0.1) is 0 Å². The van der Waals surface area contributed by atoms with Gasteiger partial charge in [0.15, 0.2) is 5.16 Å². The van der Waals surface area contributed by atoms with E-state index in [1.54, 1.807) is 6.92 Å².